The average Bonchev–Trinajstić information content (AvgIpc) is 3.15. The molecule has 28 heavy (non-hydrogen) atoms. The van der Waals surface area contributed by atoms with Crippen LogP contribution in [0.2, 0.25) is 0 Å². The molecule has 0 radical (unpaired) electrons. The third kappa shape index (κ3) is 3.76. The average molecular weight is 401 g/mol. The van der Waals surface area contributed by atoms with Crippen LogP contribution < -0.4 is 5.32 Å². The van der Waals surface area contributed by atoms with Gasteiger partial charge in [0.1, 0.15) is 0 Å². The smallest absolute Gasteiger partial charge is 0.307 e. The van der Waals surface area contributed by atoms with Crippen LogP contribution in [-0.4, -0.2) is 39.2 Å². The maximum absolute atomic E-state index is 11.8. The second-order valence-corrected chi connectivity index (χ2v) is 7.82. The van der Waals surface area contributed by atoms with Gasteiger partial charge in [-0.05, 0) is 63.7 Å². The van der Waals surface area contributed by atoms with Gasteiger partial charge in [-0.2, -0.15) is 0 Å². The van der Waals surface area contributed by atoms with Crippen molar-refractivity contribution >= 4 is 23.3 Å². The fraction of sp³-hybridized carbons (Fsp3) is 0.476. The zero-order valence-electron chi connectivity index (χ0n) is 17.1. The SMILES string of the molecule is COC(=O)CCN1C(=S)N[C@@H](c2ccccn2)[C@H]1c1cc(C)n(C(C)C)c1C. The monoisotopic (exact) mass is 400 g/mol. The number of carbonyl (C=O) groups excluding carboxylic acids is 1. The molecule has 1 fully saturated rings. The van der Waals surface area contributed by atoms with Gasteiger partial charge in [-0.1, -0.05) is 6.07 Å². The Morgan fingerprint density at radius 3 is 2.68 bits per heavy atom. The molecule has 0 bridgehead atoms. The highest BCUT2D eigenvalue weighted by atomic mass is 32.1. The highest BCUT2D eigenvalue weighted by Crippen LogP contribution is 2.41. The maximum Gasteiger partial charge on any atom is 0.307 e. The van der Waals surface area contributed by atoms with Crippen molar-refractivity contribution in [3.8, 4) is 0 Å². The van der Waals surface area contributed by atoms with Gasteiger partial charge in [0.25, 0.3) is 0 Å². The lowest BCUT2D eigenvalue weighted by Gasteiger charge is -2.28. The highest BCUT2D eigenvalue weighted by Gasteiger charge is 2.41. The van der Waals surface area contributed by atoms with Crippen LogP contribution in [0.1, 0.15) is 61.0 Å². The fourth-order valence-corrected chi connectivity index (χ4v) is 4.53. The molecule has 6 nitrogen and oxygen atoms in total. The summed E-state index contributed by atoms with van der Waals surface area (Å²) in [6, 6.07) is 8.39. The largest absolute Gasteiger partial charge is 0.469 e. The van der Waals surface area contributed by atoms with E-state index in [-0.39, 0.29) is 24.5 Å². The van der Waals surface area contributed by atoms with E-state index >= 15 is 0 Å². The van der Waals surface area contributed by atoms with E-state index in [4.69, 9.17) is 17.0 Å². The predicted molar refractivity (Wildman–Crippen MR) is 113 cm³/mol. The molecule has 1 aliphatic rings. The molecule has 0 aliphatic carbocycles. The van der Waals surface area contributed by atoms with Crippen LogP contribution in [0.25, 0.3) is 0 Å². The van der Waals surface area contributed by atoms with E-state index in [1.54, 1.807) is 6.20 Å². The first kappa shape index (κ1) is 20.3. The predicted octanol–water partition coefficient (Wildman–Crippen LogP) is 3.62. The van der Waals surface area contributed by atoms with Crippen molar-refractivity contribution in [3.05, 3.63) is 53.1 Å². The Bertz CT molecular complexity index is 863. The second-order valence-electron chi connectivity index (χ2n) is 7.44. The normalized spacial score (nSPS) is 19.2. The molecule has 0 amide bonds. The summed E-state index contributed by atoms with van der Waals surface area (Å²) in [4.78, 5) is 18.4. The van der Waals surface area contributed by atoms with Crippen molar-refractivity contribution in [3.63, 3.8) is 0 Å². The van der Waals surface area contributed by atoms with Gasteiger partial charge in [0.15, 0.2) is 5.11 Å². The number of rotatable bonds is 6. The Balaban J connectivity index is 2.05. The first-order chi connectivity index (χ1) is 13.3. The molecular formula is C21H28N4O2S. The Labute approximate surface area is 171 Å². The van der Waals surface area contributed by atoms with Gasteiger partial charge in [-0.15, -0.1) is 0 Å². The number of pyridine rings is 1. The number of nitrogens with zero attached hydrogens (tertiary/aromatic N) is 3. The third-order valence-electron chi connectivity index (χ3n) is 5.34. The number of methoxy groups -OCH3 is 1. The van der Waals surface area contributed by atoms with Crippen LogP contribution in [-0.2, 0) is 9.53 Å². The minimum absolute atomic E-state index is 0.0363. The van der Waals surface area contributed by atoms with Gasteiger partial charge in [-0.3, -0.25) is 9.78 Å². The molecule has 0 spiro atoms. The molecule has 2 aromatic heterocycles. The molecule has 3 heterocycles. The van der Waals surface area contributed by atoms with Crippen molar-refractivity contribution in [2.75, 3.05) is 13.7 Å². The lowest BCUT2D eigenvalue weighted by Crippen LogP contribution is -2.32. The molecule has 0 unspecified atom stereocenters. The second kappa shape index (κ2) is 8.31. The molecule has 7 heteroatoms. The number of thiocarbonyl (C=S) groups is 1. The molecular weight excluding hydrogens is 372 g/mol. The summed E-state index contributed by atoms with van der Waals surface area (Å²) >= 11 is 5.65. The molecule has 2 aromatic rings. The summed E-state index contributed by atoms with van der Waals surface area (Å²) in [5, 5.41) is 4.07. The van der Waals surface area contributed by atoms with Gasteiger partial charge in [0.05, 0.1) is 31.3 Å². The molecule has 3 rings (SSSR count). The number of aryl methyl sites for hydroxylation is 1. The minimum Gasteiger partial charge on any atom is -0.469 e. The minimum atomic E-state index is -0.240. The Kier molecular flexibility index (Phi) is 6.03. The number of esters is 1. The lowest BCUT2D eigenvalue weighted by molar-refractivity contribution is -0.140. The summed E-state index contributed by atoms with van der Waals surface area (Å²) < 4.78 is 7.17. The van der Waals surface area contributed by atoms with E-state index in [0.717, 1.165) is 5.69 Å². The van der Waals surface area contributed by atoms with Gasteiger partial charge in [-0.25, -0.2) is 0 Å². The highest BCUT2D eigenvalue weighted by molar-refractivity contribution is 7.80. The number of ether oxygens (including phenoxy) is 1. The van der Waals surface area contributed by atoms with Crippen molar-refractivity contribution in [1.82, 2.24) is 19.8 Å². The van der Waals surface area contributed by atoms with E-state index in [9.17, 15) is 4.79 Å². The van der Waals surface area contributed by atoms with E-state index < -0.39 is 0 Å². The molecule has 0 saturated carbocycles. The van der Waals surface area contributed by atoms with Crippen molar-refractivity contribution < 1.29 is 9.53 Å². The lowest BCUT2D eigenvalue weighted by atomic mass is 9.96. The summed E-state index contributed by atoms with van der Waals surface area (Å²) in [5.41, 5.74) is 4.57. The van der Waals surface area contributed by atoms with E-state index in [1.165, 1.54) is 24.1 Å². The van der Waals surface area contributed by atoms with Gasteiger partial charge >= 0.3 is 5.97 Å². The van der Waals surface area contributed by atoms with Crippen LogP contribution in [0, 0.1) is 13.8 Å². The Morgan fingerprint density at radius 2 is 2.11 bits per heavy atom. The van der Waals surface area contributed by atoms with Crippen LogP contribution in [0.3, 0.4) is 0 Å². The van der Waals surface area contributed by atoms with E-state index in [2.05, 4.69) is 53.5 Å². The van der Waals surface area contributed by atoms with Crippen LogP contribution in [0.15, 0.2) is 30.5 Å². The number of nitrogens with one attached hydrogen (secondary N) is 1. The Hall–Kier alpha value is -2.41. The van der Waals surface area contributed by atoms with E-state index in [1.807, 2.05) is 18.2 Å². The van der Waals surface area contributed by atoms with Crippen LogP contribution >= 0.6 is 12.2 Å². The standard InChI is InChI=1S/C21H28N4O2S/c1-13(2)25-14(3)12-16(15(25)4)20-19(17-8-6-7-10-22-17)23-21(28)24(20)11-9-18(26)27-5/h6-8,10,12-13,19-20H,9,11H2,1-5H3,(H,23,28)/t19-,20+/m0/s1. The number of hydrogen-bond donors (Lipinski definition) is 1. The molecule has 1 N–H and O–H groups in total. The Morgan fingerprint density at radius 1 is 1.36 bits per heavy atom. The molecule has 1 saturated heterocycles. The summed E-state index contributed by atoms with van der Waals surface area (Å²) in [7, 11) is 1.41. The quantitative estimate of drug-likeness (QED) is 0.590. The van der Waals surface area contributed by atoms with Gasteiger partial charge in [0, 0.05) is 30.2 Å². The molecule has 2 atom stereocenters. The zero-order valence-corrected chi connectivity index (χ0v) is 17.9. The third-order valence-corrected chi connectivity index (χ3v) is 5.69. The van der Waals surface area contributed by atoms with Crippen molar-refractivity contribution in [1.29, 1.82) is 0 Å². The first-order valence-electron chi connectivity index (χ1n) is 9.58. The summed E-state index contributed by atoms with van der Waals surface area (Å²) in [6.45, 7) is 9.15. The summed E-state index contributed by atoms with van der Waals surface area (Å²) in [6.07, 6.45) is 2.08. The maximum atomic E-state index is 11.8. The van der Waals surface area contributed by atoms with E-state index in [0.29, 0.717) is 17.7 Å². The fourth-order valence-electron chi connectivity index (χ4n) is 4.20. The topological polar surface area (TPSA) is 59.4 Å². The number of hydrogen-bond acceptors (Lipinski definition) is 4. The van der Waals surface area contributed by atoms with Crippen LogP contribution in [0.5, 0.6) is 0 Å². The molecule has 150 valence electrons. The number of carbonyl (C=O) groups is 1. The molecule has 1 aliphatic heterocycles. The van der Waals surface area contributed by atoms with Gasteiger partial charge < -0.3 is 19.5 Å². The van der Waals surface area contributed by atoms with Crippen molar-refractivity contribution in [2.45, 2.75) is 52.2 Å². The van der Waals surface area contributed by atoms with Crippen LogP contribution in [0.4, 0.5) is 0 Å². The van der Waals surface area contributed by atoms with Gasteiger partial charge in [0.2, 0.25) is 0 Å². The molecule has 0 aromatic carbocycles. The van der Waals surface area contributed by atoms with Crippen molar-refractivity contribution in [2.24, 2.45) is 0 Å². The summed E-state index contributed by atoms with van der Waals surface area (Å²) in [5.74, 6) is -0.240. The number of aromatic nitrogens is 2. The first-order valence-corrected chi connectivity index (χ1v) is 9.99. The zero-order chi connectivity index (χ0) is 20.4.